The minimum Gasteiger partial charge on any atom is -0.380 e. The Kier molecular flexibility index (Phi) is 2.54. The first-order valence-electron chi connectivity index (χ1n) is 4.15. The molecule has 0 aromatic heterocycles. The summed E-state index contributed by atoms with van der Waals surface area (Å²) < 4.78 is 26.2. The third-order valence-corrected chi connectivity index (χ3v) is 2.54. The predicted octanol–water partition coefficient (Wildman–Crippen LogP) is -3.01. The molecule has 1 fully saturated rings. The van der Waals surface area contributed by atoms with E-state index in [1.54, 1.807) is 0 Å². The van der Waals surface area contributed by atoms with Gasteiger partial charge >= 0.3 is 5.92 Å². The summed E-state index contributed by atoms with van der Waals surface area (Å²) in [4.78, 5) is 10.7. The molecule has 0 unspecified atom stereocenters. The van der Waals surface area contributed by atoms with E-state index in [-0.39, 0.29) is 0 Å². The first-order chi connectivity index (χ1) is 6.86. The maximum atomic E-state index is 13.1. The van der Waals surface area contributed by atoms with Crippen LogP contribution in [0.3, 0.4) is 0 Å². The highest BCUT2D eigenvalue weighted by molar-refractivity contribution is 5.83. The van der Waals surface area contributed by atoms with Gasteiger partial charge in [-0.15, -0.1) is 0 Å². The standard InChI is InChI=1S/C7H11F2NO6/c8-7(9)5(13,14)1-4(12,3(10)11)2-6(7,15)16/h12-16H,1-2H2,(H2,10,11). The molecule has 1 aliphatic carbocycles. The van der Waals surface area contributed by atoms with Gasteiger partial charge in [-0.25, -0.2) is 0 Å². The van der Waals surface area contributed by atoms with Crippen molar-refractivity contribution in [2.75, 3.05) is 0 Å². The van der Waals surface area contributed by atoms with Crippen LogP contribution in [0.15, 0.2) is 0 Å². The van der Waals surface area contributed by atoms with Crippen molar-refractivity contribution in [3.05, 3.63) is 0 Å². The fourth-order valence-corrected chi connectivity index (χ4v) is 1.59. The molecule has 0 atom stereocenters. The number of carbonyl (C=O) groups excluding carboxylic acids is 1. The molecule has 0 aliphatic heterocycles. The van der Waals surface area contributed by atoms with E-state index in [4.69, 9.17) is 20.4 Å². The summed E-state index contributed by atoms with van der Waals surface area (Å²) in [5.74, 6) is -14.2. The lowest BCUT2D eigenvalue weighted by Gasteiger charge is -2.48. The van der Waals surface area contributed by atoms with Crippen molar-refractivity contribution in [2.45, 2.75) is 35.9 Å². The van der Waals surface area contributed by atoms with Crippen molar-refractivity contribution in [2.24, 2.45) is 5.73 Å². The summed E-state index contributed by atoms with van der Waals surface area (Å²) in [6.07, 6.45) is -3.05. The summed E-state index contributed by atoms with van der Waals surface area (Å²) in [7, 11) is 0. The first kappa shape index (κ1) is 13.2. The van der Waals surface area contributed by atoms with Gasteiger partial charge in [-0.1, -0.05) is 0 Å². The maximum Gasteiger partial charge on any atom is 0.352 e. The Bertz CT molecular complexity index is 309. The summed E-state index contributed by atoms with van der Waals surface area (Å²) in [6, 6.07) is 0. The van der Waals surface area contributed by atoms with Crippen LogP contribution in [-0.2, 0) is 4.79 Å². The van der Waals surface area contributed by atoms with Gasteiger partial charge in [0, 0.05) is 12.8 Å². The molecular formula is C7H11F2NO6. The van der Waals surface area contributed by atoms with Crippen molar-refractivity contribution >= 4 is 5.91 Å². The van der Waals surface area contributed by atoms with Crippen LogP contribution in [0.2, 0.25) is 0 Å². The molecule has 0 saturated heterocycles. The molecule has 16 heavy (non-hydrogen) atoms. The number of primary amides is 1. The smallest absolute Gasteiger partial charge is 0.352 e. The van der Waals surface area contributed by atoms with E-state index in [9.17, 15) is 18.7 Å². The van der Waals surface area contributed by atoms with Crippen LogP contribution >= 0.6 is 0 Å². The highest BCUT2D eigenvalue weighted by atomic mass is 19.3. The van der Waals surface area contributed by atoms with E-state index >= 15 is 0 Å². The third kappa shape index (κ3) is 1.57. The summed E-state index contributed by atoms with van der Waals surface area (Å²) in [5.41, 5.74) is 1.82. The molecule has 7 N–H and O–H groups in total. The average Bonchev–Trinajstić information content (AvgIpc) is 1.98. The van der Waals surface area contributed by atoms with Crippen LogP contribution in [0.25, 0.3) is 0 Å². The van der Waals surface area contributed by atoms with Gasteiger partial charge in [0.05, 0.1) is 0 Å². The van der Waals surface area contributed by atoms with Crippen LogP contribution < -0.4 is 5.73 Å². The van der Waals surface area contributed by atoms with Crippen molar-refractivity contribution in [1.82, 2.24) is 0 Å². The summed E-state index contributed by atoms with van der Waals surface area (Å²) in [6.45, 7) is 0. The molecular weight excluding hydrogens is 232 g/mol. The molecule has 1 aliphatic rings. The largest absolute Gasteiger partial charge is 0.380 e. The minimum absolute atomic E-state index is 1.52. The fourth-order valence-electron chi connectivity index (χ4n) is 1.59. The Morgan fingerprint density at radius 2 is 1.31 bits per heavy atom. The predicted molar refractivity (Wildman–Crippen MR) is 42.7 cm³/mol. The number of carbonyl (C=O) groups is 1. The van der Waals surface area contributed by atoms with Gasteiger partial charge < -0.3 is 31.3 Å². The van der Waals surface area contributed by atoms with Crippen molar-refractivity contribution in [3.8, 4) is 0 Å². The molecule has 0 heterocycles. The van der Waals surface area contributed by atoms with Crippen LogP contribution in [0.1, 0.15) is 12.8 Å². The number of halogens is 2. The number of amides is 1. The second kappa shape index (κ2) is 3.08. The van der Waals surface area contributed by atoms with E-state index in [1.165, 1.54) is 0 Å². The number of nitrogens with two attached hydrogens (primary N) is 1. The molecule has 94 valence electrons. The lowest BCUT2D eigenvalue weighted by atomic mass is 9.74. The van der Waals surface area contributed by atoms with Crippen LogP contribution in [0.5, 0.6) is 0 Å². The van der Waals surface area contributed by atoms with E-state index in [1.807, 2.05) is 0 Å². The Labute approximate surface area is 87.7 Å². The third-order valence-electron chi connectivity index (χ3n) is 2.54. The highest BCUT2D eigenvalue weighted by Crippen LogP contribution is 2.49. The molecule has 0 spiro atoms. The van der Waals surface area contributed by atoms with Crippen LogP contribution in [-0.4, -0.2) is 54.5 Å². The molecule has 9 heteroatoms. The Hall–Kier alpha value is -0.870. The van der Waals surface area contributed by atoms with E-state index in [2.05, 4.69) is 5.73 Å². The quantitative estimate of drug-likeness (QED) is 0.271. The number of aliphatic hydroxyl groups is 5. The van der Waals surface area contributed by atoms with Gasteiger partial charge in [0.15, 0.2) is 5.60 Å². The van der Waals surface area contributed by atoms with Gasteiger partial charge in [0.2, 0.25) is 17.5 Å². The number of alkyl halides is 2. The lowest BCUT2D eigenvalue weighted by Crippen LogP contribution is -2.73. The molecule has 0 radical (unpaired) electrons. The Balaban J connectivity index is 3.23. The lowest BCUT2D eigenvalue weighted by molar-refractivity contribution is -0.432. The van der Waals surface area contributed by atoms with Gasteiger partial charge in [-0.2, -0.15) is 8.78 Å². The van der Waals surface area contributed by atoms with Crippen molar-refractivity contribution in [3.63, 3.8) is 0 Å². The molecule has 1 saturated carbocycles. The normalized spacial score (nSPS) is 29.7. The zero-order valence-electron chi connectivity index (χ0n) is 7.89. The maximum absolute atomic E-state index is 13.1. The SMILES string of the molecule is NC(=O)C1(O)CC(O)(O)C(F)(F)C(O)(O)C1. The molecule has 0 bridgehead atoms. The number of rotatable bonds is 1. The Morgan fingerprint density at radius 1 is 1.00 bits per heavy atom. The zero-order chi connectivity index (χ0) is 13.0. The van der Waals surface area contributed by atoms with Gasteiger partial charge in [0.1, 0.15) is 0 Å². The van der Waals surface area contributed by atoms with E-state index in [0.717, 1.165) is 0 Å². The zero-order valence-corrected chi connectivity index (χ0v) is 7.89. The highest BCUT2D eigenvalue weighted by Gasteiger charge is 2.73. The molecule has 0 aromatic carbocycles. The van der Waals surface area contributed by atoms with Gasteiger partial charge in [-0.05, 0) is 0 Å². The van der Waals surface area contributed by atoms with Gasteiger partial charge in [-0.3, -0.25) is 4.79 Å². The molecule has 7 nitrogen and oxygen atoms in total. The topological polar surface area (TPSA) is 144 Å². The Morgan fingerprint density at radius 3 is 1.56 bits per heavy atom. The first-order valence-corrected chi connectivity index (χ1v) is 4.15. The van der Waals surface area contributed by atoms with E-state index < -0.39 is 41.8 Å². The van der Waals surface area contributed by atoms with E-state index in [0.29, 0.717) is 0 Å². The van der Waals surface area contributed by atoms with Gasteiger partial charge in [0.25, 0.3) is 0 Å². The second-order valence-corrected chi connectivity index (χ2v) is 3.96. The number of hydrogen-bond donors (Lipinski definition) is 6. The molecule has 0 aromatic rings. The molecule has 1 amide bonds. The monoisotopic (exact) mass is 243 g/mol. The summed E-state index contributed by atoms with van der Waals surface area (Å²) >= 11 is 0. The molecule has 1 rings (SSSR count). The second-order valence-electron chi connectivity index (χ2n) is 3.96. The van der Waals surface area contributed by atoms with Crippen LogP contribution in [0.4, 0.5) is 8.78 Å². The summed E-state index contributed by atoms with van der Waals surface area (Å²) in [5, 5.41) is 45.2. The number of hydrogen-bond acceptors (Lipinski definition) is 6. The van der Waals surface area contributed by atoms with Crippen molar-refractivity contribution < 1.29 is 39.1 Å². The minimum atomic E-state index is -4.73. The average molecular weight is 243 g/mol. The fraction of sp³-hybridized carbons (Fsp3) is 0.857. The van der Waals surface area contributed by atoms with Crippen molar-refractivity contribution in [1.29, 1.82) is 0 Å². The van der Waals surface area contributed by atoms with Crippen LogP contribution in [0, 0.1) is 0 Å².